The standard InChI is InChI=1S/C14H15NO2/c1-9-5-4-6-12(11(9)3)15-14(16)13-8-7-10(2)17-13/h4-8H,1-3H3,(H,15,16). The highest BCUT2D eigenvalue weighted by Gasteiger charge is 2.11. The number of hydrogen-bond donors (Lipinski definition) is 1. The normalized spacial score (nSPS) is 10.3. The zero-order valence-electron chi connectivity index (χ0n) is 10.2. The van der Waals surface area contributed by atoms with Crippen molar-refractivity contribution in [2.75, 3.05) is 5.32 Å². The summed E-state index contributed by atoms with van der Waals surface area (Å²) in [5, 5.41) is 2.85. The van der Waals surface area contributed by atoms with Crippen LogP contribution in [-0.2, 0) is 0 Å². The van der Waals surface area contributed by atoms with Crippen LogP contribution in [0.25, 0.3) is 0 Å². The molecule has 1 heterocycles. The predicted molar refractivity (Wildman–Crippen MR) is 67.3 cm³/mol. The van der Waals surface area contributed by atoms with Crippen LogP contribution in [0.2, 0.25) is 0 Å². The van der Waals surface area contributed by atoms with Crippen LogP contribution < -0.4 is 5.32 Å². The Morgan fingerprint density at radius 1 is 1.12 bits per heavy atom. The maximum atomic E-state index is 11.9. The molecule has 17 heavy (non-hydrogen) atoms. The van der Waals surface area contributed by atoms with E-state index in [0.717, 1.165) is 22.6 Å². The zero-order valence-corrected chi connectivity index (χ0v) is 10.2. The van der Waals surface area contributed by atoms with E-state index >= 15 is 0 Å². The van der Waals surface area contributed by atoms with Crippen molar-refractivity contribution in [1.82, 2.24) is 0 Å². The molecule has 1 amide bonds. The van der Waals surface area contributed by atoms with Crippen LogP contribution >= 0.6 is 0 Å². The molecular weight excluding hydrogens is 214 g/mol. The summed E-state index contributed by atoms with van der Waals surface area (Å²) in [6, 6.07) is 9.28. The van der Waals surface area contributed by atoms with Crippen LogP contribution in [0.1, 0.15) is 27.4 Å². The summed E-state index contributed by atoms with van der Waals surface area (Å²) < 4.78 is 5.28. The van der Waals surface area contributed by atoms with E-state index in [1.165, 1.54) is 0 Å². The minimum Gasteiger partial charge on any atom is -0.456 e. The third kappa shape index (κ3) is 2.38. The van der Waals surface area contributed by atoms with Crippen molar-refractivity contribution in [2.45, 2.75) is 20.8 Å². The van der Waals surface area contributed by atoms with E-state index in [9.17, 15) is 4.79 Å². The van der Waals surface area contributed by atoms with Crippen molar-refractivity contribution >= 4 is 11.6 Å². The van der Waals surface area contributed by atoms with Crippen molar-refractivity contribution in [2.24, 2.45) is 0 Å². The smallest absolute Gasteiger partial charge is 0.291 e. The lowest BCUT2D eigenvalue weighted by Crippen LogP contribution is -2.12. The molecule has 1 aromatic heterocycles. The van der Waals surface area contributed by atoms with Crippen LogP contribution in [0, 0.1) is 20.8 Å². The Hall–Kier alpha value is -2.03. The molecule has 3 nitrogen and oxygen atoms in total. The van der Waals surface area contributed by atoms with Crippen LogP contribution in [0.15, 0.2) is 34.7 Å². The van der Waals surface area contributed by atoms with Gasteiger partial charge in [-0.25, -0.2) is 0 Å². The van der Waals surface area contributed by atoms with Crippen molar-refractivity contribution in [3.8, 4) is 0 Å². The van der Waals surface area contributed by atoms with Crippen LogP contribution in [0.5, 0.6) is 0 Å². The van der Waals surface area contributed by atoms with Crippen molar-refractivity contribution < 1.29 is 9.21 Å². The quantitative estimate of drug-likeness (QED) is 0.856. The van der Waals surface area contributed by atoms with E-state index in [1.54, 1.807) is 12.1 Å². The first kappa shape index (κ1) is 11.5. The Labute approximate surface area is 100 Å². The maximum Gasteiger partial charge on any atom is 0.291 e. The number of rotatable bonds is 2. The number of benzene rings is 1. The van der Waals surface area contributed by atoms with Crippen molar-refractivity contribution in [3.63, 3.8) is 0 Å². The summed E-state index contributed by atoms with van der Waals surface area (Å²) in [4.78, 5) is 11.9. The highest BCUT2D eigenvalue weighted by molar-refractivity contribution is 6.02. The summed E-state index contributed by atoms with van der Waals surface area (Å²) in [7, 11) is 0. The van der Waals surface area contributed by atoms with Gasteiger partial charge in [0.25, 0.3) is 5.91 Å². The van der Waals surface area contributed by atoms with Gasteiger partial charge in [-0.2, -0.15) is 0 Å². The molecule has 0 saturated carbocycles. The highest BCUT2D eigenvalue weighted by atomic mass is 16.3. The minimum absolute atomic E-state index is 0.216. The molecule has 1 aromatic carbocycles. The molecule has 2 aromatic rings. The lowest BCUT2D eigenvalue weighted by molar-refractivity contribution is 0.0995. The van der Waals surface area contributed by atoms with E-state index in [1.807, 2.05) is 39.0 Å². The van der Waals surface area contributed by atoms with Gasteiger partial charge in [-0.1, -0.05) is 12.1 Å². The average Bonchev–Trinajstić information content (AvgIpc) is 2.72. The number of nitrogens with one attached hydrogen (secondary N) is 1. The number of furan rings is 1. The fourth-order valence-electron chi connectivity index (χ4n) is 1.63. The molecule has 0 bridgehead atoms. The summed E-state index contributed by atoms with van der Waals surface area (Å²) in [6.07, 6.45) is 0. The van der Waals surface area contributed by atoms with Gasteiger partial charge in [0.2, 0.25) is 0 Å². The number of anilines is 1. The fraction of sp³-hybridized carbons (Fsp3) is 0.214. The average molecular weight is 229 g/mol. The van der Waals surface area contributed by atoms with Crippen LogP contribution in [0.3, 0.4) is 0 Å². The first-order chi connectivity index (χ1) is 8.08. The number of amides is 1. The van der Waals surface area contributed by atoms with Gasteiger partial charge in [0, 0.05) is 5.69 Å². The second-order valence-corrected chi connectivity index (χ2v) is 4.11. The van der Waals surface area contributed by atoms with E-state index in [-0.39, 0.29) is 5.91 Å². The molecule has 0 spiro atoms. The lowest BCUT2D eigenvalue weighted by Gasteiger charge is -2.08. The Morgan fingerprint density at radius 3 is 2.53 bits per heavy atom. The third-order valence-electron chi connectivity index (χ3n) is 2.82. The molecule has 0 saturated heterocycles. The minimum atomic E-state index is -0.216. The molecule has 0 atom stereocenters. The third-order valence-corrected chi connectivity index (χ3v) is 2.82. The van der Waals surface area contributed by atoms with E-state index in [2.05, 4.69) is 5.32 Å². The Kier molecular flexibility index (Phi) is 3.00. The molecule has 3 heteroatoms. The van der Waals surface area contributed by atoms with Gasteiger partial charge in [-0.15, -0.1) is 0 Å². The van der Waals surface area contributed by atoms with Gasteiger partial charge < -0.3 is 9.73 Å². The van der Waals surface area contributed by atoms with Crippen LogP contribution in [0.4, 0.5) is 5.69 Å². The molecule has 0 unspecified atom stereocenters. The molecule has 2 rings (SSSR count). The highest BCUT2D eigenvalue weighted by Crippen LogP contribution is 2.19. The van der Waals surface area contributed by atoms with E-state index in [0.29, 0.717) is 5.76 Å². The largest absolute Gasteiger partial charge is 0.456 e. The first-order valence-electron chi connectivity index (χ1n) is 5.52. The molecule has 0 fully saturated rings. The summed E-state index contributed by atoms with van der Waals surface area (Å²) >= 11 is 0. The first-order valence-corrected chi connectivity index (χ1v) is 5.52. The zero-order chi connectivity index (χ0) is 12.4. The molecular formula is C14H15NO2. The fourth-order valence-corrected chi connectivity index (χ4v) is 1.63. The van der Waals surface area contributed by atoms with Gasteiger partial charge in [0.15, 0.2) is 5.76 Å². The van der Waals surface area contributed by atoms with E-state index in [4.69, 9.17) is 4.42 Å². The maximum absolute atomic E-state index is 11.9. The topological polar surface area (TPSA) is 42.2 Å². The lowest BCUT2D eigenvalue weighted by atomic mass is 10.1. The summed E-state index contributed by atoms with van der Waals surface area (Å²) in [6.45, 7) is 5.81. The second kappa shape index (κ2) is 4.45. The predicted octanol–water partition coefficient (Wildman–Crippen LogP) is 3.46. The van der Waals surface area contributed by atoms with Crippen LogP contribution in [-0.4, -0.2) is 5.91 Å². The summed E-state index contributed by atoms with van der Waals surface area (Å²) in [5.74, 6) is 0.853. The van der Waals surface area contributed by atoms with Crippen molar-refractivity contribution in [3.05, 3.63) is 53.0 Å². The Balaban J connectivity index is 2.21. The second-order valence-electron chi connectivity index (χ2n) is 4.11. The molecule has 0 aliphatic rings. The number of aryl methyl sites for hydroxylation is 2. The number of hydrogen-bond acceptors (Lipinski definition) is 2. The molecule has 1 N–H and O–H groups in total. The van der Waals surface area contributed by atoms with Gasteiger partial charge in [0.05, 0.1) is 0 Å². The van der Waals surface area contributed by atoms with E-state index < -0.39 is 0 Å². The van der Waals surface area contributed by atoms with Gasteiger partial charge >= 0.3 is 0 Å². The summed E-state index contributed by atoms with van der Waals surface area (Å²) in [5.41, 5.74) is 3.05. The SMILES string of the molecule is Cc1ccc(C(=O)Nc2cccc(C)c2C)o1. The van der Waals surface area contributed by atoms with Gasteiger partial charge in [0.1, 0.15) is 5.76 Å². The monoisotopic (exact) mass is 229 g/mol. The Bertz CT molecular complexity index is 555. The van der Waals surface area contributed by atoms with Crippen molar-refractivity contribution in [1.29, 1.82) is 0 Å². The number of carbonyl (C=O) groups excluding carboxylic acids is 1. The molecule has 0 aliphatic heterocycles. The molecule has 0 radical (unpaired) electrons. The molecule has 88 valence electrons. The number of carbonyl (C=O) groups is 1. The Morgan fingerprint density at radius 2 is 1.88 bits per heavy atom. The van der Waals surface area contributed by atoms with Gasteiger partial charge in [-0.05, 0) is 50.1 Å². The van der Waals surface area contributed by atoms with Gasteiger partial charge in [-0.3, -0.25) is 4.79 Å². The molecule has 0 aliphatic carbocycles.